The molecule has 0 saturated heterocycles. The molecule has 0 radical (unpaired) electrons. The number of hydrogen-bond donors (Lipinski definition) is 0. The number of rotatable bonds is 22. The maximum absolute atomic E-state index is 15.1. The fraction of sp³-hybridized carbons (Fsp3) is 0.513. The Morgan fingerprint density at radius 1 is 0.508 bits per heavy atom. The SMILES string of the molecule is CCCCCc1ccc(-c2ccc(-c3ccc(OCCCCCC(=O)OCCC(F)(F)C(F)(F)C(F)(F)C(F)(F)C(F)(F)C(F)(F)C(F)(F)C(F)(F)F)cc3)c(F)c2F)cc1. The summed E-state index contributed by atoms with van der Waals surface area (Å²) in [6.07, 6.45) is -7.15. The smallest absolute Gasteiger partial charge is 0.460 e. The summed E-state index contributed by atoms with van der Waals surface area (Å²) in [6.45, 7) is 0.0664. The molecule has 0 fully saturated rings. The van der Waals surface area contributed by atoms with Gasteiger partial charge in [-0.25, -0.2) is 8.78 Å². The Bertz CT molecular complexity index is 1910. The van der Waals surface area contributed by atoms with Gasteiger partial charge in [-0.15, -0.1) is 0 Å². The topological polar surface area (TPSA) is 35.5 Å². The van der Waals surface area contributed by atoms with Crippen molar-refractivity contribution in [3.8, 4) is 28.0 Å². The van der Waals surface area contributed by atoms with E-state index < -0.39 is 84.7 Å². The first-order chi connectivity index (χ1) is 27.9. The molecular weight excluding hydrogens is 877 g/mol. The van der Waals surface area contributed by atoms with Gasteiger partial charge in [0.25, 0.3) is 0 Å². The Labute approximate surface area is 335 Å². The lowest BCUT2D eigenvalue weighted by Gasteiger charge is -2.42. The Morgan fingerprint density at radius 2 is 0.967 bits per heavy atom. The number of aryl methyl sites for hydroxylation is 1. The van der Waals surface area contributed by atoms with E-state index in [1.165, 1.54) is 36.4 Å². The van der Waals surface area contributed by atoms with Crippen LogP contribution in [0.4, 0.5) is 83.4 Å². The van der Waals surface area contributed by atoms with E-state index in [-0.39, 0.29) is 42.7 Å². The molecule has 61 heavy (non-hydrogen) atoms. The van der Waals surface area contributed by atoms with E-state index in [9.17, 15) is 79.4 Å². The third kappa shape index (κ3) is 10.3. The summed E-state index contributed by atoms with van der Waals surface area (Å²) in [6, 6.07) is 15.8. The van der Waals surface area contributed by atoms with E-state index in [4.69, 9.17) is 4.74 Å². The first kappa shape index (κ1) is 51.0. The highest BCUT2D eigenvalue weighted by Crippen LogP contribution is 2.64. The summed E-state index contributed by atoms with van der Waals surface area (Å²) in [5.74, 6) is -60.5. The molecule has 0 spiro atoms. The molecule has 0 amide bonds. The first-order valence-electron chi connectivity index (χ1n) is 18.1. The van der Waals surface area contributed by atoms with Crippen molar-refractivity contribution in [1.82, 2.24) is 0 Å². The van der Waals surface area contributed by atoms with Crippen molar-refractivity contribution < 1.29 is 97.7 Å². The third-order valence-corrected chi connectivity index (χ3v) is 9.34. The lowest BCUT2D eigenvalue weighted by Crippen LogP contribution is -2.74. The Balaban J connectivity index is 1.47. The molecule has 3 aromatic carbocycles. The fourth-order valence-corrected chi connectivity index (χ4v) is 5.61. The van der Waals surface area contributed by atoms with Crippen LogP contribution in [0, 0.1) is 11.6 Å². The van der Waals surface area contributed by atoms with E-state index in [1.807, 2.05) is 12.1 Å². The summed E-state index contributed by atoms with van der Waals surface area (Å²) in [5.41, 5.74) is 1.93. The van der Waals surface area contributed by atoms with Crippen molar-refractivity contribution in [1.29, 1.82) is 0 Å². The second-order valence-electron chi connectivity index (χ2n) is 13.7. The zero-order valence-corrected chi connectivity index (χ0v) is 31.5. The molecule has 3 nitrogen and oxygen atoms in total. The van der Waals surface area contributed by atoms with Crippen LogP contribution in [0.2, 0.25) is 0 Å². The highest BCUT2D eigenvalue weighted by Gasteiger charge is 2.95. The maximum Gasteiger partial charge on any atom is 0.460 e. The molecule has 0 aliphatic heterocycles. The molecule has 0 unspecified atom stereocenters. The van der Waals surface area contributed by atoms with Crippen molar-refractivity contribution in [2.24, 2.45) is 0 Å². The van der Waals surface area contributed by atoms with Gasteiger partial charge in [0, 0.05) is 17.5 Å². The van der Waals surface area contributed by atoms with Gasteiger partial charge in [0.2, 0.25) is 0 Å². The standard InChI is InChI=1S/C39H35F19O3/c1-2-3-5-8-23-10-12-24(13-11-23)27-18-19-28(31(41)30(27)40)25-14-16-26(17-15-25)60-21-7-4-6-9-29(59)61-22-20-32(42,43)33(44,45)34(46,47)35(48,49)36(50,51)37(52,53)38(54,55)39(56,57)58/h10-19H,2-9,20-22H2,1H3. The number of carbonyl (C=O) groups excluding carboxylic acids is 1. The largest absolute Gasteiger partial charge is 0.494 e. The van der Waals surface area contributed by atoms with Gasteiger partial charge in [0.05, 0.1) is 19.6 Å². The van der Waals surface area contributed by atoms with E-state index in [1.54, 1.807) is 12.1 Å². The number of carbonyl (C=O) groups is 1. The van der Waals surface area contributed by atoms with Gasteiger partial charge in [0.15, 0.2) is 11.6 Å². The summed E-state index contributed by atoms with van der Waals surface area (Å²) >= 11 is 0. The quantitative estimate of drug-likeness (QED) is 0.0572. The van der Waals surface area contributed by atoms with Crippen LogP contribution in [0.3, 0.4) is 0 Å². The van der Waals surface area contributed by atoms with Crippen LogP contribution in [-0.2, 0) is 16.0 Å². The van der Waals surface area contributed by atoms with Gasteiger partial charge in [-0.2, -0.15) is 74.6 Å². The van der Waals surface area contributed by atoms with Crippen LogP contribution in [0.1, 0.15) is 63.9 Å². The summed E-state index contributed by atoms with van der Waals surface area (Å²) in [7, 11) is 0. The Hall–Kier alpha value is -4.40. The summed E-state index contributed by atoms with van der Waals surface area (Å²) in [4.78, 5) is 11.8. The lowest BCUT2D eigenvalue weighted by atomic mass is 9.88. The summed E-state index contributed by atoms with van der Waals surface area (Å²) < 4.78 is 268. The average molecular weight is 913 g/mol. The van der Waals surface area contributed by atoms with Crippen molar-refractivity contribution >= 4 is 5.97 Å². The van der Waals surface area contributed by atoms with E-state index in [0.29, 0.717) is 11.1 Å². The Morgan fingerprint density at radius 3 is 1.44 bits per heavy atom. The molecule has 0 atom stereocenters. The predicted molar refractivity (Wildman–Crippen MR) is 181 cm³/mol. The average Bonchev–Trinajstić information content (AvgIpc) is 3.17. The molecule has 0 saturated carbocycles. The van der Waals surface area contributed by atoms with Gasteiger partial charge < -0.3 is 9.47 Å². The molecule has 0 heterocycles. The monoisotopic (exact) mass is 912 g/mol. The van der Waals surface area contributed by atoms with Crippen molar-refractivity contribution in [3.05, 3.63) is 77.9 Å². The highest BCUT2D eigenvalue weighted by molar-refractivity contribution is 5.72. The normalized spacial score (nSPS) is 13.7. The molecule has 3 rings (SSSR count). The maximum atomic E-state index is 15.1. The van der Waals surface area contributed by atoms with E-state index in [0.717, 1.165) is 31.2 Å². The second kappa shape index (κ2) is 18.9. The van der Waals surface area contributed by atoms with Gasteiger partial charge in [-0.05, 0) is 60.9 Å². The molecule has 22 heteroatoms. The number of ether oxygens (including phenoxy) is 2. The number of esters is 1. The first-order valence-corrected chi connectivity index (χ1v) is 18.1. The van der Waals surface area contributed by atoms with Gasteiger partial charge in [-0.1, -0.05) is 68.3 Å². The molecule has 0 aliphatic rings. The van der Waals surface area contributed by atoms with Crippen LogP contribution in [0.5, 0.6) is 5.75 Å². The molecule has 0 aromatic heterocycles. The number of halogens is 19. The summed E-state index contributed by atoms with van der Waals surface area (Å²) in [5, 5.41) is 0. The zero-order valence-electron chi connectivity index (χ0n) is 31.5. The van der Waals surface area contributed by atoms with E-state index in [2.05, 4.69) is 11.7 Å². The fourth-order valence-electron chi connectivity index (χ4n) is 5.61. The molecule has 342 valence electrons. The minimum atomic E-state index is -8.72. The number of benzene rings is 3. The van der Waals surface area contributed by atoms with Crippen LogP contribution >= 0.6 is 0 Å². The number of alkyl halides is 17. The van der Waals surface area contributed by atoms with Crippen LogP contribution < -0.4 is 4.74 Å². The molecule has 0 N–H and O–H groups in total. The van der Waals surface area contributed by atoms with Crippen LogP contribution in [0.25, 0.3) is 22.3 Å². The minimum absolute atomic E-state index is 0.0115. The van der Waals surface area contributed by atoms with Gasteiger partial charge in [-0.3, -0.25) is 4.79 Å². The lowest BCUT2D eigenvalue weighted by molar-refractivity contribution is -0.461. The van der Waals surface area contributed by atoms with Gasteiger partial charge in [0.1, 0.15) is 5.75 Å². The second-order valence-corrected chi connectivity index (χ2v) is 13.7. The van der Waals surface area contributed by atoms with Crippen LogP contribution in [0.15, 0.2) is 60.7 Å². The minimum Gasteiger partial charge on any atom is -0.494 e. The van der Waals surface area contributed by atoms with Gasteiger partial charge >= 0.3 is 53.6 Å². The van der Waals surface area contributed by atoms with Crippen molar-refractivity contribution in [2.75, 3.05) is 13.2 Å². The number of hydrogen-bond acceptors (Lipinski definition) is 3. The molecule has 0 bridgehead atoms. The predicted octanol–water partition coefficient (Wildman–Crippen LogP) is 13.9. The van der Waals surface area contributed by atoms with E-state index >= 15 is 8.78 Å². The third-order valence-electron chi connectivity index (χ3n) is 9.34. The highest BCUT2D eigenvalue weighted by atomic mass is 19.4. The molecular formula is C39H35F19O3. The van der Waals surface area contributed by atoms with Crippen LogP contribution in [-0.4, -0.2) is 66.8 Å². The zero-order chi connectivity index (χ0) is 46.5. The van der Waals surface area contributed by atoms with Crippen molar-refractivity contribution in [3.63, 3.8) is 0 Å². The molecule has 3 aromatic rings. The molecule has 0 aliphatic carbocycles. The van der Waals surface area contributed by atoms with Crippen molar-refractivity contribution in [2.45, 2.75) is 112 Å². The Kier molecular flexibility index (Phi) is 15.8. The number of unbranched alkanes of at least 4 members (excludes halogenated alkanes) is 4.